The zero-order chi connectivity index (χ0) is 20.7. The van der Waals surface area contributed by atoms with Gasteiger partial charge in [-0.05, 0) is 55.7 Å². The van der Waals surface area contributed by atoms with Crippen molar-refractivity contribution in [2.75, 3.05) is 13.1 Å². The number of rotatable bonds is 8. The van der Waals surface area contributed by atoms with E-state index in [0.717, 1.165) is 37.7 Å². The number of nitrogens with one attached hydrogen (secondary N) is 2. The molecule has 3 rings (SSSR count). The molecule has 0 aliphatic heterocycles. The minimum atomic E-state index is -2.03. The smallest absolute Gasteiger partial charge is 0.250 e. The lowest BCUT2D eigenvalue weighted by Crippen LogP contribution is -2.45. The highest BCUT2D eigenvalue weighted by molar-refractivity contribution is 6.30. The Bertz CT molecular complexity index is 772. The highest BCUT2D eigenvalue weighted by atomic mass is 35.5. The Hall–Kier alpha value is -1.92. The number of carbonyl (C=O) groups is 1. The highest BCUT2D eigenvalue weighted by Gasteiger charge is 2.29. The molecule has 4 N–H and O–H groups in total. The maximum absolute atomic E-state index is 12.4. The molecule has 0 heterocycles. The summed E-state index contributed by atoms with van der Waals surface area (Å²) >= 11 is 5.89. The van der Waals surface area contributed by atoms with Gasteiger partial charge in [0.05, 0.1) is 0 Å². The first kappa shape index (κ1) is 21.8. The highest BCUT2D eigenvalue weighted by Crippen LogP contribution is 2.29. The normalized spacial score (nSPS) is 19.7. The van der Waals surface area contributed by atoms with Crippen LogP contribution in [-0.2, 0) is 17.1 Å². The second-order valence-electron chi connectivity index (χ2n) is 7.80. The summed E-state index contributed by atoms with van der Waals surface area (Å²) in [5.41, 5.74) is 1.58. The van der Waals surface area contributed by atoms with Crippen molar-refractivity contribution in [3.63, 3.8) is 0 Å². The van der Waals surface area contributed by atoms with E-state index in [-0.39, 0.29) is 11.8 Å². The second kappa shape index (κ2) is 10.2. The van der Waals surface area contributed by atoms with E-state index in [4.69, 9.17) is 11.6 Å². The number of halogens is 1. The van der Waals surface area contributed by atoms with Crippen molar-refractivity contribution < 1.29 is 15.0 Å². The van der Waals surface area contributed by atoms with E-state index in [1.54, 1.807) is 24.3 Å². The molecular formula is C23H29ClN2O3. The van der Waals surface area contributed by atoms with Crippen LogP contribution in [0, 0.1) is 11.8 Å². The first-order valence-electron chi connectivity index (χ1n) is 10.2. The number of carbonyl (C=O) groups excluding carboxylic acids is 1. The Labute approximate surface area is 177 Å². The van der Waals surface area contributed by atoms with Crippen LogP contribution in [0.15, 0.2) is 54.6 Å². The van der Waals surface area contributed by atoms with Gasteiger partial charge >= 0.3 is 0 Å². The number of hydrogen-bond acceptors (Lipinski definition) is 4. The monoisotopic (exact) mass is 416 g/mol. The Kier molecular flexibility index (Phi) is 7.67. The quantitative estimate of drug-likeness (QED) is 0.498. The molecule has 2 aromatic carbocycles. The van der Waals surface area contributed by atoms with Gasteiger partial charge in [0.15, 0.2) is 0 Å². The number of benzene rings is 2. The van der Waals surface area contributed by atoms with Crippen molar-refractivity contribution in [3.8, 4) is 0 Å². The molecule has 1 fully saturated rings. The maximum atomic E-state index is 12.4. The fourth-order valence-corrected chi connectivity index (χ4v) is 3.94. The number of amides is 1. The van der Waals surface area contributed by atoms with Gasteiger partial charge in [-0.15, -0.1) is 0 Å². The molecule has 5 nitrogen and oxygen atoms in total. The van der Waals surface area contributed by atoms with Gasteiger partial charge in [0.2, 0.25) is 5.91 Å². The topological polar surface area (TPSA) is 81.6 Å². The minimum Gasteiger partial charge on any atom is -0.356 e. The van der Waals surface area contributed by atoms with Crippen LogP contribution in [0.1, 0.15) is 36.8 Å². The van der Waals surface area contributed by atoms with E-state index in [2.05, 4.69) is 10.6 Å². The van der Waals surface area contributed by atoms with Crippen LogP contribution in [0.4, 0.5) is 0 Å². The van der Waals surface area contributed by atoms with E-state index >= 15 is 0 Å². The van der Waals surface area contributed by atoms with Crippen LogP contribution in [0.5, 0.6) is 0 Å². The Balaban J connectivity index is 1.36. The molecule has 1 aliphatic rings. The van der Waals surface area contributed by atoms with Crippen LogP contribution < -0.4 is 10.6 Å². The number of hydrogen-bond donors (Lipinski definition) is 4. The molecule has 1 saturated carbocycles. The molecule has 0 aromatic heterocycles. The van der Waals surface area contributed by atoms with E-state index < -0.39 is 5.91 Å². The van der Waals surface area contributed by atoms with Crippen molar-refractivity contribution >= 4 is 17.5 Å². The predicted molar refractivity (Wildman–Crippen MR) is 114 cm³/mol. The third kappa shape index (κ3) is 6.54. The standard InChI is InChI=1S/C23H29ClN2O3/c24-21-12-8-17(9-13-21)14-15-25-22(27)19-10-6-18(7-11-19)16-26-23(28,29)20-4-2-1-3-5-20/h1-5,8-9,12-13,18-19,26,28-29H,6-7,10-11,14-16H2,(H,25,27). The molecule has 1 aliphatic carbocycles. The molecule has 156 valence electrons. The number of aliphatic hydroxyl groups is 2. The van der Waals surface area contributed by atoms with Crippen molar-refractivity contribution in [2.24, 2.45) is 11.8 Å². The summed E-state index contributed by atoms with van der Waals surface area (Å²) in [6, 6.07) is 16.4. The van der Waals surface area contributed by atoms with Gasteiger partial charge in [-0.1, -0.05) is 54.1 Å². The lowest BCUT2D eigenvalue weighted by atomic mass is 9.81. The van der Waals surface area contributed by atoms with Crippen LogP contribution in [0.3, 0.4) is 0 Å². The van der Waals surface area contributed by atoms with Crippen LogP contribution in [-0.4, -0.2) is 29.2 Å². The third-order valence-electron chi connectivity index (χ3n) is 5.66. The minimum absolute atomic E-state index is 0.0404. The SMILES string of the molecule is O=C(NCCc1ccc(Cl)cc1)C1CCC(CNC(O)(O)c2ccccc2)CC1. The Morgan fingerprint density at radius 1 is 1.00 bits per heavy atom. The van der Waals surface area contributed by atoms with Crippen LogP contribution in [0.25, 0.3) is 0 Å². The Morgan fingerprint density at radius 2 is 1.66 bits per heavy atom. The van der Waals surface area contributed by atoms with Gasteiger partial charge in [-0.2, -0.15) is 0 Å². The fourth-order valence-electron chi connectivity index (χ4n) is 3.81. The molecule has 1 amide bonds. The summed E-state index contributed by atoms with van der Waals surface area (Å²) in [5.74, 6) is -1.54. The third-order valence-corrected chi connectivity index (χ3v) is 5.91. The van der Waals surface area contributed by atoms with Crippen LogP contribution in [0.2, 0.25) is 5.02 Å². The van der Waals surface area contributed by atoms with Gasteiger partial charge in [-0.25, -0.2) is 0 Å². The van der Waals surface area contributed by atoms with Gasteiger partial charge in [0.1, 0.15) is 0 Å². The van der Waals surface area contributed by atoms with E-state index in [1.807, 2.05) is 30.3 Å². The molecule has 0 bridgehead atoms. The average Bonchev–Trinajstić information content (AvgIpc) is 2.75. The summed E-state index contributed by atoms with van der Waals surface area (Å²) in [6.07, 6.45) is 4.24. The molecule has 29 heavy (non-hydrogen) atoms. The van der Waals surface area contributed by atoms with Crippen molar-refractivity contribution in [2.45, 2.75) is 38.0 Å². The molecule has 0 radical (unpaired) electrons. The van der Waals surface area contributed by atoms with E-state index in [9.17, 15) is 15.0 Å². The van der Waals surface area contributed by atoms with Gasteiger partial charge in [0.25, 0.3) is 5.91 Å². The maximum Gasteiger partial charge on any atom is 0.250 e. The van der Waals surface area contributed by atoms with E-state index in [1.165, 1.54) is 0 Å². The largest absolute Gasteiger partial charge is 0.356 e. The molecular weight excluding hydrogens is 388 g/mol. The lowest BCUT2D eigenvalue weighted by Gasteiger charge is -2.31. The van der Waals surface area contributed by atoms with Crippen molar-refractivity contribution in [3.05, 3.63) is 70.7 Å². The first-order chi connectivity index (χ1) is 13.9. The molecule has 0 unspecified atom stereocenters. The van der Waals surface area contributed by atoms with Gasteiger partial charge in [0, 0.05) is 29.6 Å². The zero-order valence-electron chi connectivity index (χ0n) is 16.5. The zero-order valence-corrected chi connectivity index (χ0v) is 17.2. The van der Waals surface area contributed by atoms with Crippen molar-refractivity contribution in [1.82, 2.24) is 10.6 Å². The fraction of sp³-hybridized carbons (Fsp3) is 0.435. The molecule has 2 aromatic rings. The van der Waals surface area contributed by atoms with E-state index in [0.29, 0.717) is 29.6 Å². The van der Waals surface area contributed by atoms with Gasteiger partial charge in [-0.3, -0.25) is 10.1 Å². The Morgan fingerprint density at radius 3 is 2.31 bits per heavy atom. The average molecular weight is 417 g/mol. The molecule has 6 heteroatoms. The molecule has 0 atom stereocenters. The van der Waals surface area contributed by atoms with Crippen LogP contribution >= 0.6 is 11.6 Å². The summed E-state index contributed by atoms with van der Waals surface area (Å²) in [6.45, 7) is 1.13. The van der Waals surface area contributed by atoms with Crippen molar-refractivity contribution in [1.29, 1.82) is 0 Å². The molecule has 0 saturated heterocycles. The second-order valence-corrected chi connectivity index (χ2v) is 8.24. The lowest BCUT2D eigenvalue weighted by molar-refractivity contribution is -0.196. The summed E-state index contributed by atoms with van der Waals surface area (Å²) in [5, 5.41) is 27.1. The summed E-state index contributed by atoms with van der Waals surface area (Å²) in [7, 11) is 0. The molecule has 0 spiro atoms. The van der Waals surface area contributed by atoms with Gasteiger partial charge < -0.3 is 15.5 Å². The predicted octanol–water partition coefficient (Wildman–Crippen LogP) is 3.19. The first-order valence-corrected chi connectivity index (χ1v) is 10.6. The summed E-state index contributed by atoms with van der Waals surface area (Å²) in [4.78, 5) is 12.4. The summed E-state index contributed by atoms with van der Waals surface area (Å²) < 4.78 is 0.